The molecule has 5 heteroatoms. The Balaban J connectivity index is 0.00000144. The van der Waals surface area contributed by atoms with Crippen LogP contribution in [0.1, 0.15) is 28.8 Å². The van der Waals surface area contributed by atoms with E-state index in [9.17, 15) is 4.79 Å². The van der Waals surface area contributed by atoms with Crippen LogP contribution in [0.2, 0.25) is 0 Å². The van der Waals surface area contributed by atoms with Crippen molar-refractivity contribution in [1.82, 2.24) is 10.2 Å². The maximum atomic E-state index is 12.2. The summed E-state index contributed by atoms with van der Waals surface area (Å²) in [6.07, 6.45) is 0. The minimum atomic E-state index is 0. The summed E-state index contributed by atoms with van der Waals surface area (Å²) in [5.74, 6) is 1.30. The SMILES string of the molecule is Cc1cc(C)c(C(=O)N2CCNC[C@@H]2C)o1.Cl. The van der Waals surface area contributed by atoms with E-state index in [1.165, 1.54) is 0 Å². The molecular formula is C12H19ClN2O2. The van der Waals surface area contributed by atoms with Gasteiger partial charge in [-0.1, -0.05) is 0 Å². The number of amides is 1. The largest absolute Gasteiger partial charge is 0.456 e. The third-order valence-electron chi connectivity index (χ3n) is 3.00. The summed E-state index contributed by atoms with van der Waals surface area (Å²) < 4.78 is 5.47. The van der Waals surface area contributed by atoms with Crippen LogP contribution >= 0.6 is 12.4 Å². The number of rotatable bonds is 1. The molecular weight excluding hydrogens is 240 g/mol. The van der Waals surface area contributed by atoms with Crippen molar-refractivity contribution in [2.75, 3.05) is 19.6 Å². The molecule has 1 fully saturated rings. The van der Waals surface area contributed by atoms with Crippen molar-refractivity contribution in [3.8, 4) is 0 Å². The zero-order valence-electron chi connectivity index (χ0n) is 10.4. The minimum Gasteiger partial charge on any atom is -0.456 e. The van der Waals surface area contributed by atoms with E-state index in [0.29, 0.717) is 5.76 Å². The van der Waals surface area contributed by atoms with Crippen molar-refractivity contribution in [2.45, 2.75) is 26.8 Å². The Morgan fingerprint density at radius 1 is 1.53 bits per heavy atom. The molecule has 1 aliphatic rings. The van der Waals surface area contributed by atoms with Crippen LogP contribution in [-0.4, -0.2) is 36.5 Å². The van der Waals surface area contributed by atoms with Crippen LogP contribution in [0.5, 0.6) is 0 Å². The van der Waals surface area contributed by atoms with Gasteiger partial charge in [-0.25, -0.2) is 0 Å². The number of halogens is 1. The van der Waals surface area contributed by atoms with Crippen molar-refractivity contribution in [3.05, 3.63) is 23.2 Å². The Kier molecular flexibility index (Phi) is 4.60. The molecule has 1 saturated heterocycles. The number of aryl methyl sites for hydroxylation is 2. The smallest absolute Gasteiger partial charge is 0.290 e. The van der Waals surface area contributed by atoms with Crippen molar-refractivity contribution in [3.63, 3.8) is 0 Å². The van der Waals surface area contributed by atoms with Gasteiger partial charge in [0.05, 0.1) is 0 Å². The molecule has 0 aromatic carbocycles. The molecule has 1 atom stereocenters. The van der Waals surface area contributed by atoms with Crippen molar-refractivity contribution < 1.29 is 9.21 Å². The molecule has 1 aromatic rings. The molecule has 2 rings (SSSR count). The molecule has 4 nitrogen and oxygen atoms in total. The van der Waals surface area contributed by atoms with Gasteiger partial charge in [-0.2, -0.15) is 0 Å². The highest BCUT2D eigenvalue weighted by Crippen LogP contribution is 2.17. The second kappa shape index (κ2) is 5.56. The lowest BCUT2D eigenvalue weighted by atomic mass is 10.2. The second-order valence-electron chi connectivity index (χ2n) is 4.42. The third-order valence-corrected chi connectivity index (χ3v) is 3.00. The third kappa shape index (κ3) is 2.82. The maximum Gasteiger partial charge on any atom is 0.290 e. The van der Waals surface area contributed by atoms with Gasteiger partial charge in [0, 0.05) is 31.2 Å². The summed E-state index contributed by atoms with van der Waals surface area (Å²) in [6, 6.07) is 2.13. The van der Waals surface area contributed by atoms with Crippen LogP contribution in [0.4, 0.5) is 0 Å². The van der Waals surface area contributed by atoms with Crippen LogP contribution in [0, 0.1) is 13.8 Å². The van der Waals surface area contributed by atoms with Gasteiger partial charge in [-0.05, 0) is 26.8 Å². The van der Waals surface area contributed by atoms with Crippen LogP contribution in [-0.2, 0) is 0 Å². The lowest BCUT2D eigenvalue weighted by Gasteiger charge is -2.33. The van der Waals surface area contributed by atoms with Gasteiger partial charge in [0.25, 0.3) is 5.91 Å². The lowest BCUT2D eigenvalue weighted by molar-refractivity contribution is 0.0620. The average molecular weight is 259 g/mol. The molecule has 0 spiro atoms. The summed E-state index contributed by atoms with van der Waals surface area (Å²) >= 11 is 0. The van der Waals surface area contributed by atoms with E-state index in [0.717, 1.165) is 31.0 Å². The predicted octanol–water partition coefficient (Wildman–Crippen LogP) is 1.75. The molecule has 1 aliphatic heterocycles. The summed E-state index contributed by atoms with van der Waals surface area (Å²) in [4.78, 5) is 14.1. The van der Waals surface area contributed by atoms with Gasteiger partial charge in [0.2, 0.25) is 0 Å². The summed E-state index contributed by atoms with van der Waals surface area (Å²) in [5, 5.41) is 3.27. The highest BCUT2D eigenvalue weighted by molar-refractivity contribution is 5.93. The van der Waals surface area contributed by atoms with Gasteiger partial charge in [0.15, 0.2) is 5.76 Å². The molecule has 0 unspecified atom stereocenters. The Bertz CT molecular complexity index is 403. The monoisotopic (exact) mass is 258 g/mol. The minimum absolute atomic E-state index is 0. The molecule has 0 radical (unpaired) electrons. The highest BCUT2D eigenvalue weighted by Gasteiger charge is 2.27. The van der Waals surface area contributed by atoms with Crippen LogP contribution < -0.4 is 5.32 Å². The topological polar surface area (TPSA) is 45.5 Å². The Morgan fingerprint density at radius 2 is 2.24 bits per heavy atom. The first-order valence-electron chi connectivity index (χ1n) is 5.68. The van der Waals surface area contributed by atoms with Crippen LogP contribution in [0.25, 0.3) is 0 Å². The zero-order valence-corrected chi connectivity index (χ0v) is 11.3. The molecule has 96 valence electrons. The van der Waals surface area contributed by atoms with E-state index < -0.39 is 0 Å². The van der Waals surface area contributed by atoms with Crippen molar-refractivity contribution in [2.24, 2.45) is 0 Å². The van der Waals surface area contributed by atoms with E-state index in [1.54, 1.807) is 0 Å². The summed E-state index contributed by atoms with van der Waals surface area (Å²) in [6.45, 7) is 8.29. The fourth-order valence-corrected chi connectivity index (χ4v) is 2.13. The number of hydrogen-bond donors (Lipinski definition) is 1. The van der Waals surface area contributed by atoms with Gasteiger partial charge in [-0.3, -0.25) is 4.79 Å². The maximum absolute atomic E-state index is 12.2. The number of piperazine rings is 1. The molecule has 0 bridgehead atoms. The van der Waals surface area contributed by atoms with Gasteiger partial charge >= 0.3 is 0 Å². The first kappa shape index (κ1) is 14.1. The first-order chi connectivity index (χ1) is 7.59. The quantitative estimate of drug-likeness (QED) is 0.835. The van der Waals surface area contributed by atoms with E-state index >= 15 is 0 Å². The van der Waals surface area contributed by atoms with E-state index in [-0.39, 0.29) is 24.4 Å². The predicted molar refractivity (Wildman–Crippen MR) is 68.8 cm³/mol. The normalized spacial score (nSPS) is 19.9. The van der Waals surface area contributed by atoms with E-state index in [2.05, 4.69) is 12.2 Å². The second-order valence-corrected chi connectivity index (χ2v) is 4.42. The van der Waals surface area contributed by atoms with Crippen molar-refractivity contribution in [1.29, 1.82) is 0 Å². The fraction of sp³-hybridized carbons (Fsp3) is 0.583. The number of carbonyl (C=O) groups excluding carboxylic acids is 1. The van der Waals surface area contributed by atoms with E-state index in [4.69, 9.17) is 4.42 Å². The van der Waals surface area contributed by atoms with Crippen molar-refractivity contribution >= 4 is 18.3 Å². The lowest BCUT2D eigenvalue weighted by Crippen LogP contribution is -2.52. The molecule has 17 heavy (non-hydrogen) atoms. The number of furan rings is 1. The summed E-state index contributed by atoms with van der Waals surface area (Å²) in [5.41, 5.74) is 0.924. The summed E-state index contributed by atoms with van der Waals surface area (Å²) in [7, 11) is 0. The molecule has 1 aromatic heterocycles. The zero-order chi connectivity index (χ0) is 11.7. The van der Waals surface area contributed by atoms with Gasteiger partial charge < -0.3 is 14.6 Å². The molecule has 1 amide bonds. The molecule has 0 aliphatic carbocycles. The van der Waals surface area contributed by atoms with Gasteiger partial charge in [0.1, 0.15) is 5.76 Å². The van der Waals surface area contributed by atoms with Gasteiger partial charge in [-0.15, -0.1) is 12.4 Å². The number of nitrogens with zero attached hydrogens (tertiary/aromatic N) is 1. The number of hydrogen-bond acceptors (Lipinski definition) is 3. The molecule has 1 N–H and O–H groups in total. The van der Waals surface area contributed by atoms with Crippen LogP contribution in [0.15, 0.2) is 10.5 Å². The highest BCUT2D eigenvalue weighted by atomic mass is 35.5. The molecule has 0 saturated carbocycles. The Hall–Kier alpha value is -1.00. The Labute approximate surface area is 108 Å². The molecule has 2 heterocycles. The number of carbonyl (C=O) groups is 1. The standard InChI is InChI=1S/C12H18N2O2.ClH/c1-8-6-10(3)16-11(8)12(15)14-5-4-13-7-9(14)2;/h6,9,13H,4-5,7H2,1-3H3;1H/t9-;/m0./s1. The van der Waals surface area contributed by atoms with Crippen LogP contribution in [0.3, 0.4) is 0 Å². The van der Waals surface area contributed by atoms with E-state index in [1.807, 2.05) is 24.8 Å². The Morgan fingerprint density at radius 3 is 2.76 bits per heavy atom. The fourth-order valence-electron chi connectivity index (χ4n) is 2.13. The average Bonchev–Trinajstić information content (AvgIpc) is 2.58. The number of nitrogens with one attached hydrogen (secondary N) is 1. The first-order valence-corrected chi connectivity index (χ1v) is 5.68.